The maximum Gasteiger partial charge on any atom is 0.416 e. The molecule has 0 aliphatic rings. The van der Waals surface area contributed by atoms with Crippen LogP contribution in [0.25, 0.3) is 0 Å². The molecule has 25 heavy (non-hydrogen) atoms. The average molecular weight is 373 g/mol. The number of alkyl halides is 3. The summed E-state index contributed by atoms with van der Waals surface area (Å²) in [7, 11) is -3.89. The van der Waals surface area contributed by atoms with Gasteiger partial charge in [-0.15, -0.1) is 0 Å². The van der Waals surface area contributed by atoms with Crippen molar-refractivity contribution in [2.24, 2.45) is 0 Å². The van der Waals surface area contributed by atoms with Gasteiger partial charge in [0.25, 0.3) is 10.0 Å². The molecule has 0 heterocycles. The Labute approximate surface area is 144 Å². The highest BCUT2D eigenvalue weighted by Gasteiger charge is 2.31. The van der Waals surface area contributed by atoms with Crippen LogP contribution in [0.4, 0.5) is 18.9 Å². The number of sulfonamides is 1. The normalized spacial score (nSPS) is 12.0. The van der Waals surface area contributed by atoms with Crippen LogP contribution in [-0.2, 0) is 16.2 Å². The third-order valence-electron chi connectivity index (χ3n) is 3.49. The fraction of sp³-hybridized carbons (Fsp3) is 0.294. The van der Waals surface area contributed by atoms with Gasteiger partial charge in [-0.1, -0.05) is 0 Å². The molecule has 0 bridgehead atoms. The molecule has 2 aromatic carbocycles. The third-order valence-corrected chi connectivity index (χ3v) is 5.41. The zero-order valence-corrected chi connectivity index (χ0v) is 14.6. The molecular formula is C17H18F3NO3S. The Bertz CT molecular complexity index is 801. The summed E-state index contributed by atoms with van der Waals surface area (Å²) >= 11 is 0. The van der Waals surface area contributed by atoms with E-state index in [0.717, 1.165) is 28.6 Å². The van der Waals surface area contributed by atoms with Crippen molar-refractivity contribution in [3.8, 4) is 5.75 Å². The number of anilines is 1. The van der Waals surface area contributed by atoms with Crippen LogP contribution in [0.15, 0.2) is 53.4 Å². The molecule has 0 aliphatic carbocycles. The van der Waals surface area contributed by atoms with E-state index >= 15 is 0 Å². The molecule has 2 rings (SSSR count). The van der Waals surface area contributed by atoms with Crippen molar-refractivity contribution in [3.63, 3.8) is 0 Å². The lowest BCUT2D eigenvalue weighted by Gasteiger charge is -2.23. The molecule has 0 N–H and O–H groups in total. The number of benzene rings is 2. The standard InChI is InChI=1S/C17H18F3NO3S/c1-3-21(14-7-5-13(6-8-14)17(18,19)20)25(22,23)16-11-9-15(10-12-16)24-4-2/h5-12H,3-4H2,1-2H3. The fourth-order valence-electron chi connectivity index (χ4n) is 2.31. The number of rotatable bonds is 6. The molecule has 0 spiro atoms. The van der Waals surface area contributed by atoms with Gasteiger partial charge in [0.15, 0.2) is 0 Å². The van der Waals surface area contributed by atoms with E-state index in [-0.39, 0.29) is 17.1 Å². The Morgan fingerprint density at radius 3 is 1.96 bits per heavy atom. The van der Waals surface area contributed by atoms with Crippen LogP contribution in [0.1, 0.15) is 19.4 Å². The summed E-state index contributed by atoms with van der Waals surface area (Å²) in [4.78, 5) is 0.0395. The SMILES string of the molecule is CCOc1ccc(S(=O)(=O)N(CC)c2ccc(C(F)(F)F)cc2)cc1. The van der Waals surface area contributed by atoms with Gasteiger partial charge in [0.1, 0.15) is 5.75 Å². The van der Waals surface area contributed by atoms with Crippen LogP contribution < -0.4 is 9.04 Å². The Kier molecular flexibility index (Phi) is 5.62. The summed E-state index contributed by atoms with van der Waals surface area (Å²) in [6.45, 7) is 3.97. The van der Waals surface area contributed by atoms with Gasteiger partial charge in [0, 0.05) is 6.54 Å². The summed E-state index contributed by atoms with van der Waals surface area (Å²) in [5.41, 5.74) is -0.657. The Morgan fingerprint density at radius 1 is 0.960 bits per heavy atom. The minimum atomic E-state index is -4.47. The Hall–Kier alpha value is -2.22. The molecule has 8 heteroatoms. The van der Waals surface area contributed by atoms with Crippen LogP contribution in [0.5, 0.6) is 5.75 Å². The zero-order chi connectivity index (χ0) is 18.7. The second-order valence-electron chi connectivity index (χ2n) is 5.12. The Balaban J connectivity index is 2.35. The molecule has 0 saturated heterocycles. The van der Waals surface area contributed by atoms with Crippen molar-refractivity contribution in [3.05, 3.63) is 54.1 Å². The first kappa shape index (κ1) is 19.1. The van der Waals surface area contributed by atoms with Gasteiger partial charge >= 0.3 is 6.18 Å². The lowest BCUT2D eigenvalue weighted by Crippen LogP contribution is -2.30. The maximum atomic E-state index is 12.8. The highest BCUT2D eigenvalue weighted by molar-refractivity contribution is 7.92. The second kappa shape index (κ2) is 7.35. The minimum absolute atomic E-state index is 0.0395. The zero-order valence-electron chi connectivity index (χ0n) is 13.7. The van der Waals surface area contributed by atoms with E-state index in [9.17, 15) is 21.6 Å². The van der Waals surface area contributed by atoms with E-state index in [1.165, 1.54) is 24.3 Å². The smallest absolute Gasteiger partial charge is 0.416 e. The molecule has 0 saturated carbocycles. The highest BCUT2D eigenvalue weighted by Crippen LogP contribution is 2.32. The molecule has 0 amide bonds. The van der Waals surface area contributed by atoms with E-state index in [1.807, 2.05) is 6.92 Å². The van der Waals surface area contributed by atoms with Crippen molar-refractivity contribution in [1.29, 1.82) is 0 Å². The van der Waals surface area contributed by atoms with E-state index in [2.05, 4.69) is 0 Å². The van der Waals surface area contributed by atoms with Crippen LogP contribution in [0, 0.1) is 0 Å². The number of ether oxygens (including phenoxy) is 1. The molecule has 4 nitrogen and oxygen atoms in total. The van der Waals surface area contributed by atoms with Gasteiger partial charge in [0.2, 0.25) is 0 Å². The van der Waals surface area contributed by atoms with Crippen molar-refractivity contribution in [2.75, 3.05) is 17.5 Å². The molecule has 2 aromatic rings. The predicted molar refractivity (Wildman–Crippen MR) is 89.3 cm³/mol. The number of hydrogen-bond donors (Lipinski definition) is 0. The van der Waals surface area contributed by atoms with Gasteiger partial charge in [0.05, 0.1) is 22.8 Å². The Morgan fingerprint density at radius 2 is 1.52 bits per heavy atom. The minimum Gasteiger partial charge on any atom is -0.494 e. The van der Waals surface area contributed by atoms with Crippen molar-refractivity contribution < 1.29 is 26.3 Å². The van der Waals surface area contributed by atoms with Crippen LogP contribution in [-0.4, -0.2) is 21.6 Å². The van der Waals surface area contributed by atoms with Gasteiger partial charge in [-0.25, -0.2) is 8.42 Å². The fourth-order valence-corrected chi connectivity index (χ4v) is 3.78. The summed E-state index contributed by atoms with van der Waals surface area (Å²) < 4.78 is 69.9. The van der Waals surface area contributed by atoms with E-state index < -0.39 is 21.8 Å². The summed E-state index contributed by atoms with van der Waals surface area (Å²) in [5.74, 6) is 0.541. The maximum absolute atomic E-state index is 12.8. The molecule has 0 aromatic heterocycles. The number of nitrogens with zero attached hydrogens (tertiary/aromatic N) is 1. The first-order valence-corrected chi connectivity index (χ1v) is 9.07. The van der Waals surface area contributed by atoms with Gasteiger partial charge in [-0.3, -0.25) is 4.31 Å². The molecule has 136 valence electrons. The average Bonchev–Trinajstić information content (AvgIpc) is 2.56. The first-order chi connectivity index (χ1) is 11.7. The van der Waals surface area contributed by atoms with E-state index in [0.29, 0.717) is 12.4 Å². The van der Waals surface area contributed by atoms with Gasteiger partial charge < -0.3 is 4.74 Å². The van der Waals surface area contributed by atoms with Crippen LogP contribution in [0.2, 0.25) is 0 Å². The van der Waals surface area contributed by atoms with E-state index in [4.69, 9.17) is 4.74 Å². The summed E-state index contributed by atoms with van der Waals surface area (Å²) in [6.07, 6.45) is -4.47. The summed E-state index contributed by atoms with van der Waals surface area (Å²) in [6, 6.07) is 9.93. The molecule has 0 radical (unpaired) electrons. The highest BCUT2D eigenvalue weighted by atomic mass is 32.2. The molecular weight excluding hydrogens is 355 g/mol. The number of hydrogen-bond acceptors (Lipinski definition) is 3. The van der Waals surface area contributed by atoms with Crippen molar-refractivity contribution in [2.45, 2.75) is 24.9 Å². The predicted octanol–water partition coefficient (Wildman–Crippen LogP) is 4.32. The van der Waals surface area contributed by atoms with E-state index in [1.54, 1.807) is 6.92 Å². The molecule has 0 fully saturated rings. The van der Waals surface area contributed by atoms with Crippen LogP contribution >= 0.6 is 0 Å². The van der Waals surface area contributed by atoms with Gasteiger partial charge in [-0.05, 0) is 62.4 Å². The van der Waals surface area contributed by atoms with Crippen LogP contribution in [0.3, 0.4) is 0 Å². The third kappa shape index (κ3) is 4.25. The monoisotopic (exact) mass is 373 g/mol. The summed E-state index contributed by atoms with van der Waals surface area (Å²) in [5, 5.41) is 0. The second-order valence-corrected chi connectivity index (χ2v) is 6.98. The van der Waals surface area contributed by atoms with Crippen molar-refractivity contribution in [1.82, 2.24) is 0 Å². The lowest BCUT2D eigenvalue weighted by atomic mass is 10.2. The largest absolute Gasteiger partial charge is 0.494 e. The number of halogens is 3. The molecule has 0 unspecified atom stereocenters. The van der Waals surface area contributed by atoms with Crippen molar-refractivity contribution >= 4 is 15.7 Å². The van der Waals surface area contributed by atoms with Gasteiger partial charge in [-0.2, -0.15) is 13.2 Å². The lowest BCUT2D eigenvalue weighted by molar-refractivity contribution is -0.137. The quantitative estimate of drug-likeness (QED) is 0.758. The molecule has 0 atom stereocenters. The molecule has 0 aliphatic heterocycles. The first-order valence-electron chi connectivity index (χ1n) is 7.63. The topological polar surface area (TPSA) is 46.6 Å².